The van der Waals surface area contributed by atoms with Crippen molar-refractivity contribution in [2.45, 2.75) is 92.6 Å². The van der Waals surface area contributed by atoms with E-state index in [2.05, 4.69) is 65.8 Å². The Balaban J connectivity index is 1.26. The number of allylic oxidation sites excluding steroid dienone is 5. The van der Waals surface area contributed by atoms with Crippen LogP contribution in [0.3, 0.4) is 0 Å². The van der Waals surface area contributed by atoms with Gasteiger partial charge in [0.1, 0.15) is 11.9 Å². The van der Waals surface area contributed by atoms with Crippen LogP contribution in [0.4, 0.5) is 0 Å². The van der Waals surface area contributed by atoms with Crippen molar-refractivity contribution in [1.29, 1.82) is 0 Å². The van der Waals surface area contributed by atoms with Crippen LogP contribution in [0.25, 0.3) is 6.08 Å². The van der Waals surface area contributed by atoms with Crippen molar-refractivity contribution in [2.24, 2.45) is 46.3 Å². The lowest BCUT2D eigenvalue weighted by molar-refractivity contribution is -0.144. The number of phenols is 1. The van der Waals surface area contributed by atoms with Gasteiger partial charge in [-0.1, -0.05) is 89.1 Å². The fourth-order valence-electron chi connectivity index (χ4n) is 8.63. The van der Waals surface area contributed by atoms with Gasteiger partial charge in [-0.3, -0.25) is 0 Å². The van der Waals surface area contributed by atoms with E-state index >= 15 is 0 Å². The summed E-state index contributed by atoms with van der Waals surface area (Å²) in [6, 6.07) is 6.81. The smallest absolute Gasteiger partial charge is 0.331 e. The Morgan fingerprint density at radius 1 is 0.950 bits per heavy atom. The van der Waals surface area contributed by atoms with E-state index in [0.717, 1.165) is 30.7 Å². The molecule has 4 aliphatic rings. The van der Waals surface area contributed by atoms with Gasteiger partial charge in [-0.2, -0.15) is 0 Å². The topological polar surface area (TPSA) is 46.5 Å². The molecule has 3 heteroatoms. The molecular formula is C37H50O3. The number of carbonyl (C=O) groups is 1. The SMILES string of the molecule is CC(C)[C@@H](C)C=C[C@@H](C)[C@H]1CCC2C3=CC=C4C[C@@H](OC(=O)C=Cc5ccc(O)cc5)CC[C@]4(C)C3CC[C@@]21C. The van der Waals surface area contributed by atoms with Crippen LogP contribution < -0.4 is 0 Å². The summed E-state index contributed by atoms with van der Waals surface area (Å²) in [5.74, 6) is 3.98. The zero-order valence-corrected chi connectivity index (χ0v) is 25.5. The van der Waals surface area contributed by atoms with Crippen molar-refractivity contribution < 1.29 is 14.6 Å². The fraction of sp³-hybridized carbons (Fsp3) is 0.595. The average molecular weight is 543 g/mol. The third-order valence-electron chi connectivity index (χ3n) is 11.6. The lowest BCUT2D eigenvalue weighted by Gasteiger charge is -2.55. The summed E-state index contributed by atoms with van der Waals surface area (Å²) in [4.78, 5) is 12.6. The highest BCUT2D eigenvalue weighted by atomic mass is 16.5. The van der Waals surface area contributed by atoms with Crippen molar-refractivity contribution >= 4 is 12.0 Å². The molecule has 40 heavy (non-hydrogen) atoms. The molecule has 1 N–H and O–H groups in total. The van der Waals surface area contributed by atoms with Gasteiger partial charge < -0.3 is 9.84 Å². The van der Waals surface area contributed by atoms with E-state index in [9.17, 15) is 9.90 Å². The number of hydrogen-bond acceptors (Lipinski definition) is 3. The zero-order valence-electron chi connectivity index (χ0n) is 25.5. The Kier molecular flexibility index (Phi) is 8.24. The quantitative estimate of drug-likeness (QED) is 0.212. The molecule has 5 rings (SSSR count). The molecule has 216 valence electrons. The largest absolute Gasteiger partial charge is 0.508 e. The second-order valence-electron chi connectivity index (χ2n) is 14.2. The number of phenolic OH excluding ortho intramolecular Hbond substituents is 1. The maximum Gasteiger partial charge on any atom is 0.331 e. The summed E-state index contributed by atoms with van der Waals surface area (Å²) in [5.41, 5.74) is 4.65. The van der Waals surface area contributed by atoms with E-state index in [-0.39, 0.29) is 23.2 Å². The third kappa shape index (κ3) is 5.50. The Morgan fingerprint density at radius 2 is 1.70 bits per heavy atom. The van der Waals surface area contributed by atoms with Crippen molar-refractivity contribution in [3.63, 3.8) is 0 Å². The number of ether oxygens (including phenoxy) is 1. The van der Waals surface area contributed by atoms with E-state index in [1.165, 1.54) is 37.3 Å². The van der Waals surface area contributed by atoms with Crippen LogP contribution >= 0.6 is 0 Å². The minimum Gasteiger partial charge on any atom is -0.508 e. The molecule has 1 aromatic rings. The van der Waals surface area contributed by atoms with Crippen molar-refractivity contribution in [2.75, 3.05) is 0 Å². The molecule has 3 fully saturated rings. The number of benzene rings is 1. The molecule has 3 saturated carbocycles. The molecule has 3 nitrogen and oxygen atoms in total. The molecule has 4 aliphatic carbocycles. The molecule has 0 aliphatic heterocycles. The fourth-order valence-corrected chi connectivity index (χ4v) is 8.63. The minimum atomic E-state index is -0.286. The van der Waals surface area contributed by atoms with Gasteiger partial charge in [0.25, 0.3) is 0 Å². The Bertz CT molecular complexity index is 1200. The maximum absolute atomic E-state index is 12.6. The Hall–Kier alpha value is -2.55. The predicted molar refractivity (Wildman–Crippen MR) is 164 cm³/mol. The lowest BCUT2D eigenvalue weighted by Crippen LogP contribution is -2.46. The van der Waals surface area contributed by atoms with E-state index in [1.807, 2.05) is 0 Å². The Morgan fingerprint density at radius 3 is 2.42 bits per heavy atom. The molecule has 1 aromatic carbocycles. The van der Waals surface area contributed by atoms with Gasteiger partial charge in [0.2, 0.25) is 0 Å². The van der Waals surface area contributed by atoms with Crippen LogP contribution in [0.5, 0.6) is 5.75 Å². The highest BCUT2D eigenvalue weighted by Crippen LogP contribution is 2.66. The van der Waals surface area contributed by atoms with Gasteiger partial charge in [-0.05, 0) is 109 Å². The molecule has 0 amide bonds. The van der Waals surface area contributed by atoms with Crippen LogP contribution in [-0.4, -0.2) is 17.2 Å². The first kappa shape index (κ1) is 29.0. The second kappa shape index (κ2) is 11.4. The molecule has 0 aromatic heterocycles. The normalized spacial score (nSPS) is 35.1. The van der Waals surface area contributed by atoms with Crippen molar-refractivity contribution in [1.82, 2.24) is 0 Å². The first-order valence-corrected chi connectivity index (χ1v) is 15.8. The third-order valence-corrected chi connectivity index (χ3v) is 11.6. The van der Waals surface area contributed by atoms with Gasteiger partial charge in [0.15, 0.2) is 0 Å². The first-order valence-electron chi connectivity index (χ1n) is 15.8. The molecule has 0 bridgehead atoms. The number of esters is 1. The summed E-state index contributed by atoms with van der Waals surface area (Å²) in [7, 11) is 0. The molecule has 0 radical (unpaired) electrons. The average Bonchev–Trinajstić information content (AvgIpc) is 3.28. The number of hydrogen-bond donors (Lipinski definition) is 1. The van der Waals surface area contributed by atoms with Crippen LogP contribution in [-0.2, 0) is 9.53 Å². The standard InChI is InChI=1S/C37H50O3/c1-24(2)25(3)7-8-26(4)32-16-17-33-31-15-12-28-23-30(19-21-36(28,5)34(31)20-22-37(32,33)6)40-35(39)18-11-27-9-13-29(38)14-10-27/h7-15,18,24-26,30,32-34,38H,16-17,19-23H2,1-6H3/t25-,26+,30-,32+,33?,34?,36-,37+/m0/s1. The second-order valence-corrected chi connectivity index (χ2v) is 14.2. The van der Waals surface area contributed by atoms with Crippen LogP contribution in [0, 0.1) is 46.3 Å². The Labute approximate surface area is 242 Å². The predicted octanol–water partition coefficient (Wildman–Crippen LogP) is 9.30. The van der Waals surface area contributed by atoms with Gasteiger partial charge in [0, 0.05) is 12.5 Å². The van der Waals surface area contributed by atoms with E-state index in [0.29, 0.717) is 35.0 Å². The highest BCUT2D eigenvalue weighted by Gasteiger charge is 2.57. The lowest BCUT2D eigenvalue weighted by atomic mass is 9.50. The number of aromatic hydroxyl groups is 1. The van der Waals surface area contributed by atoms with Crippen LogP contribution in [0.1, 0.15) is 92.1 Å². The molecule has 0 spiro atoms. The summed E-state index contributed by atoms with van der Waals surface area (Å²) in [6.45, 7) is 14.5. The van der Waals surface area contributed by atoms with Crippen LogP contribution in [0.2, 0.25) is 0 Å². The molecule has 0 heterocycles. The molecule has 2 unspecified atom stereocenters. The van der Waals surface area contributed by atoms with Gasteiger partial charge in [-0.25, -0.2) is 4.79 Å². The van der Waals surface area contributed by atoms with Crippen molar-refractivity contribution in [3.8, 4) is 5.75 Å². The summed E-state index contributed by atoms with van der Waals surface area (Å²) < 4.78 is 5.90. The highest BCUT2D eigenvalue weighted by molar-refractivity contribution is 5.87. The minimum absolute atomic E-state index is 0.0585. The van der Waals surface area contributed by atoms with Gasteiger partial charge >= 0.3 is 5.97 Å². The summed E-state index contributed by atoms with van der Waals surface area (Å²) in [6.07, 6.45) is 21.2. The van der Waals surface area contributed by atoms with Gasteiger partial charge in [-0.15, -0.1) is 0 Å². The van der Waals surface area contributed by atoms with E-state index < -0.39 is 0 Å². The van der Waals surface area contributed by atoms with Crippen LogP contribution in [0.15, 0.2) is 65.8 Å². The molecular weight excluding hydrogens is 492 g/mol. The zero-order chi connectivity index (χ0) is 28.7. The monoisotopic (exact) mass is 542 g/mol. The number of fused-ring (bicyclic) bond motifs is 5. The molecule has 0 saturated heterocycles. The van der Waals surface area contributed by atoms with E-state index in [4.69, 9.17) is 4.74 Å². The maximum atomic E-state index is 12.6. The van der Waals surface area contributed by atoms with Gasteiger partial charge in [0.05, 0.1) is 0 Å². The van der Waals surface area contributed by atoms with E-state index in [1.54, 1.807) is 35.9 Å². The number of rotatable bonds is 7. The summed E-state index contributed by atoms with van der Waals surface area (Å²) >= 11 is 0. The molecule has 8 atom stereocenters. The van der Waals surface area contributed by atoms with Crippen molar-refractivity contribution in [3.05, 3.63) is 71.4 Å². The number of carbonyl (C=O) groups excluding carboxylic acids is 1. The first-order chi connectivity index (χ1) is 19.0. The summed E-state index contributed by atoms with van der Waals surface area (Å²) in [5, 5.41) is 9.45.